The van der Waals surface area contributed by atoms with Crippen LogP contribution in [-0.2, 0) is 4.79 Å². The molecule has 1 aliphatic heterocycles. The lowest BCUT2D eigenvalue weighted by atomic mass is 9.89. The number of methoxy groups -OCH3 is 1. The van der Waals surface area contributed by atoms with Gasteiger partial charge < -0.3 is 19.5 Å². The highest BCUT2D eigenvalue weighted by atomic mass is 16.5. The molecule has 0 saturated heterocycles. The molecule has 0 bridgehead atoms. The van der Waals surface area contributed by atoms with Crippen molar-refractivity contribution in [3.05, 3.63) is 53.1 Å². The summed E-state index contributed by atoms with van der Waals surface area (Å²) in [6.07, 6.45) is 0.0713. The highest BCUT2D eigenvalue weighted by Crippen LogP contribution is 2.41. The molecule has 0 saturated carbocycles. The molecule has 1 N–H and O–H groups in total. The predicted molar refractivity (Wildman–Crippen MR) is 109 cm³/mol. The second kappa shape index (κ2) is 7.74. The number of aryl methyl sites for hydroxylation is 1. The third-order valence-electron chi connectivity index (χ3n) is 5.22. The van der Waals surface area contributed by atoms with Gasteiger partial charge in [-0.05, 0) is 63.9 Å². The van der Waals surface area contributed by atoms with Crippen molar-refractivity contribution in [2.45, 2.75) is 58.8 Å². The van der Waals surface area contributed by atoms with Crippen LogP contribution in [0.3, 0.4) is 0 Å². The highest BCUT2D eigenvalue weighted by Gasteiger charge is 2.35. The average molecular weight is 383 g/mol. The molecular formula is C23H29NO4. The summed E-state index contributed by atoms with van der Waals surface area (Å²) in [5, 5.41) is 3.14. The van der Waals surface area contributed by atoms with Crippen molar-refractivity contribution in [2.24, 2.45) is 0 Å². The molecule has 28 heavy (non-hydrogen) atoms. The van der Waals surface area contributed by atoms with Crippen LogP contribution < -0.4 is 19.5 Å². The van der Waals surface area contributed by atoms with Crippen molar-refractivity contribution in [3.8, 4) is 17.2 Å². The van der Waals surface area contributed by atoms with E-state index in [1.54, 1.807) is 14.0 Å². The average Bonchev–Trinajstić information content (AvgIpc) is 2.63. The van der Waals surface area contributed by atoms with E-state index in [-0.39, 0.29) is 11.9 Å². The van der Waals surface area contributed by atoms with Crippen molar-refractivity contribution in [3.63, 3.8) is 0 Å². The van der Waals surface area contributed by atoms with Crippen LogP contribution in [0, 0.1) is 13.8 Å². The molecule has 0 aliphatic carbocycles. The zero-order valence-electron chi connectivity index (χ0n) is 17.5. The number of benzene rings is 2. The molecule has 2 atom stereocenters. The van der Waals surface area contributed by atoms with Crippen molar-refractivity contribution in [1.29, 1.82) is 0 Å². The van der Waals surface area contributed by atoms with Crippen LogP contribution in [-0.4, -0.2) is 24.7 Å². The molecule has 5 nitrogen and oxygen atoms in total. The first-order valence-electron chi connectivity index (χ1n) is 9.60. The van der Waals surface area contributed by atoms with Crippen LogP contribution >= 0.6 is 0 Å². The minimum Gasteiger partial charge on any atom is -0.497 e. The molecule has 1 amide bonds. The summed E-state index contributed by atoms with van der Waals surface area (Å²) in [4.78, 5) is 12.9. The summed E-state index contributed by atoms with van der Waals surface area (Å²) in [5.74, 6) is 2.06. The first kappa shape index (κ1) is 20.1. The molecule has 2 aromatic rings. The molecule has 0 aromatic heterocycles. The van der Waals surface area contributed by atoms with Crippen molar-refractivity contribution < 1.29 is 19.0 Å². The van der Waals surface area contributed by atoms with Crippen LogP contribution in [0.4, 0.5) is 0 Å². The highest BCUT2D eigenvalue weighted by molar-refractivity contribution is 5.81. The van der Waals surface area contributed by atoms with E-state index in [1.165, 1.54) is 0 Å². The van der Waals surface area contributed by atoms with Crippen molar-refractivity contribution in [1.82, 2.24) is 5.32 Å². The number of carbonyl (C=O) groups excluding carboxylic acids is 1. The maximum Gasteiger partial charge on any atom is 0.261 e. The van der Waals surface area contributed by atoms with E-state index in [0.29, 0.717) is 6.42 Å². The van der Waals surface area contributed by atoms with Crippen LogP contribution in [0.25, 0.3) is 0 Å². The Labute approximate surface area is 167 Å². The quantitative estimate of drug-likeness (QED) is 0.826. The van der Waals surface area contributed by atoms with E-state index >= 15 is 0 Å². The van der Waals surface area contributed by atoms with Gasteiger partial charge in [0.2, 0.25) is 0 Å². The molecule has 1 heterocycles. The van der Waals surface area contributed by atoms with Gasteiger partial charge >= 0.3 is 0 Å². The standard InChI is InChI=1S/C23H29NO4/c1-14-8-7-9-20(15(14)2)27-16(3)22(25)24-19-13-23(4,5)28-21-12-17(26-6)10-11-18(19)21/h7-12,16,19H,13H2,1-6H3,(H,24,25)/t16-,19+/m1/s1. The molecular weight excluding hydrogens is 354 g/mol. The number of hydrogen-bond donors (Lipinski definition) is 1. The van der Waals surface area contributed by atoms with Gasteiger partial charge in [-0.2, -0.15) is 0 Å². The van der Waals surface area contributed by atoms with Gasteiger partial charge in [-0.3, -0.25) is 4.79 Å². The maximum atomic E-state index is 12.9. The molecule has 0 spiro atoms. The Morgan fingerprint density at radius 1 is 1.25 bits per heavy atom. The van der Waals surface area contributed by atoms with Crippen LogP contribution in [0.2, 0.25) is 0 Å². The van der Waals surface area contributed by atoms with Gasteiger partial charge in [0.05, 0.1) is 13.2 Å². The molecule has 0 radical (unpaired) electrons. The summed E-state index contributed by atoms with van der Waals surface area (Å²) in [7, 11) is 1.63. The minimum atomic E-state index is -0.604. The summed E-state index contributed by atoms with van der Waals surface area (Å²) in [6.45, 7) is 9.84. The molecule has 3 rings (SSSR count). The number of amides is 1. The summed E-state index contributed by atoms with van der Waals surface area (Å²) >= 11 is 0. The molecule has 150 valence electrons. The Morgan fingerprint density at radius 3 is 2.71 bits per heavy atom. The molecule has 0 fully saturated rings. The van der Waals surface area contributed by atoms with Gasteiger partial charge in [0.25, 0.3) is 5.91 Å². The largest absolute Gasteiger partial charge is 0.497 e. The van der Waals surface area contributed by atoms with Gasteiger partial charge in [-0.1, -0.05) is 12.1 Å². The zero-order chi connectivity index (χ0) is 20.5. The van der Waals surface area contributed by atoms with E-state index in [1.807, 2.05) is 64.1 Å². The smallest absolute Gasteiger partial charge is 0.261 e. The lowest BCUT2D eigenvalue weighted by Crippen LogP contribution is -2.44. The second-order valence-corrected chi connectivity index (χ2v) is 7.99. The van der Waals surface area contributed by atoms with Gasteiger partial charge in [0, 0.05) is 18.1 Å². The van der Waals surface area contributed by atoms with E-state index in [9.17, 15) is 4.79 Å². The van der Waals surface area contributed by atoms with Gasteiger partial charge in [0.15, 0.2) is 6.10 Å². The lowest BCUT2D eigenvalue weighted by molar-refractivity contribution is -0.128. The van der Waals surface area contributed by atoms with Crippen LogP contribution in [0.5, 0.6) is 17.2 Å². The van der Waals surface area contributed by atoms with Crippen molar-refractivity contribution >= 4 is 5.91 Å². The number of fused-ring (bicyclic) bond motifs is 1. The molecule has 5 heteroatoms. The fourth-order valence-electron chi connectivity index (χ4n) is 3.47. The molecule has 1 aliphatic rings. The van der Waals surface area contributed by atoms with Gasteiger partial charge in [-0.15, -0.1) is 0 Å². The number of rotatable bonds is 5. The summed E-state index contributed by atoms with van der Waals surface area (Å²) in [6, 6.07) is 11.4. The Bertz CT molecular complexity index is 875. The van der Waals surface area contributed by atoms with Crippen LogP contribution in [0.15, 0.2) is 36.4 Å². The Kier molecular flexibility index (Phi) is 5.54. The topological polar surface area (TPSA) is 56.8 Å². The molecule has 2 aromatic carbocycles. The Morgan fingerprint density at radius 2 is 2.00 bits per heavy atom. The van der Waals surface area contributed by atoms with Crippen LogP contribution in [0.1, 0.15) is 49.9 Å². The third-order valence-corrected chi connectivity index (χ3v) is 5.22. The summed E-state index contributed by atoms with van der Waals surface area (Å²) < 4.78 is 17.3. The third kappa shape index (κ3) is 4.24. The zero-order valence-corrected chi connectivity index (χ0v) is 17.5. The van der Waals surface area contributed by atoms with E-state index in [2.05, 4.69) is 5.32 Å². The first-order chi connectivity index (χ1) is 13.2. The Balaban J connectivity index is 1.77. The first-order valence-corrected chi connectivity index (χ1v) is 9.60. The Hall–Kier alpha value is -2.69. The SMILES string of the molecule is COc1ccc2c(c1)OC(C)(C)C[C@@H]2NC(=O)[C@@H](C)Oc1cccc(C)c1C. The molecule has 0 unspecified atom stereocenters. The fourth-order valence-corrected chi connectivity index (χ4v) is 3.47. The number of ether oxygens (including phenoxy) is 3. The monoisotopic (exact) mass is 383 g/mol. The normalized spacial score (nSPS) is 18.4. The van der Waals surface area contributed by atoms with E-state index < -0.39 is 11.7 Å². The fraction of sp³-hybridized carbons (Fsp3) is 0.435. The van der Waals surface area contributed by atoms with Gasteiger partial charge in [0.1, 0.15) is 22.8 Å². The van der Waals surface area contributed by atoms with Crippen molar-refractivity contribution in [2.75, 3.05) is 7.11 Å². The minimum absolute atomic E-state index is 0.148. The van der Waals surface area contributed by atoms with E-state index in [4.69, 9.17) is 14.2 Å². The predicted octanol–water partition coefficient (Wildman–Crippen LogP) is 4.50. The number of hydrogen-bond acceptors (Lipinski definition) is 4. The summed E-state index contributed by atoms with van der Waals surface area (Å²) in [5.41, 5.74) is 2.74. The number of carbonyl (C=O) groups is 1. The maximum absolute atomic E-state index is 12.9. The van der Waals surface area contributed by atoms with E-state index in [0.717, 1.165) is 33.9 Å². The number of nitrogens with one attached hydrogen (secondary N) is 1. The lowest BCUT2D eigenvalue weighted by Gasteiger charge is -2.38. The van der Waals surface area contributed by atoms with Gasteiger partial charge in [-0.25, -0.2) is 0 Å². The second-order valence-electron chi connectivity index (χ2n) is 7.99.